The van der Waals surface area contributed by atoms with E-state index in [-0.39, 0.29) is 0 Å². The highest BCUT2D eigenvalue weighted by Crippen LogP contribution is 2.02. The predicted molar refractivity (Wildman–Crippen MR) is 57.6 cm³/mol. The maximum absolute atomic E-state index is 5.79. The molecule has 0 radical (unpaired) electrons. The summed E-state index contributed by atoms with van der Waals surface area (Å²) in [5, 5.41) is 4.36. The van der Waals surface area contributed by atoms with Gasteiger partial charge >= 0.3 is 0 Å². The minimum atomic E-state index is 0.762. The highest BCUT2D eigenvalue weighted by Gasteiger charge is 2.16. The Kier molecular flexibility index (Phi) is 2.41. The summed E-state index contributed by atoms with van der Waals surface area (Å²) >= 11 is 0. The highest BCUT2D eigenvalue weighted by atomic mass is 15.5. The minimum Gasteiger partial charge on any atom is -0.289 e. The number of rotatable bonds is 2. The first-order valence-electron chi connectivity index (χ1n) is 4.93. The predicted octanol–water partition coefficient (Wildman–Crippen LogP) is 0.550. The van der Waals surface area contributed by atoms with Gasteiger partial charge in [-0.2, -0.15) is 0 Å². The number of nitrogen functional groups attached to an aromatic ring is 1. The van der Waals surface area contributed by atoms with Crippen molar-refractivity contribution in [2.24, 2.45) is 0 Å². The van der Waals surface area contributed by atoms with Crippen molar-refractivity contribution in [3.63, 3.8) is 0 Å². The molecular formula is C11H15N4+. The molecule has 4 nitrogen and oxygen atoms in total. The summed E-state index contributed by atoms with van der Waals surface area (Å²) in [6.45, 7) is 4.62. The van der Waals surface area contributed by atoms with Gasteiger partial charge in [0.05, 0.1) is 0 Å². The van der Waals surface area contributed by atoms with Crippen molar-refractivity contribution in [2.75, 3.05) is 5.84 Å². The molecule has 0 aliphatic heterocycles. The first-order valence-corrected chi connectivity index (χ1v) is 4.93. The van der Waals surface area contributed by atoms with Crippen molar-refractivity contribution in [1.29, 1.82) is 0 Å². The quantitative estimate of drug-likeness (QED) is 0.572. The number of aryl methyl sites for hydroxylation is 1. The van der Waals surface area contributed by atoms with E-state index in [1.807, 2.05) is 36.7 Å². The van der Waals surface area contributed by atoms with E-state index in [2.05, 4.69) is 17.2 Å². The van der Waals surface area contributed by atoms with Crippen molar-refractivity contribution in [3.05, 3.63) is 47.5 Å². The van der Waals surface area contributed by atoms with Gasteiger partial charge in [0, 0.05) is 18.9 Å². The smallest absolute Gasteiger partial charge is 0.289 e. The summed E-state index contributed by atoms with van der Waals surface area (Å²) in [4.78, 5) is 0. The number of benzene rings is 1. The first kappa shape index (κ1) is 9.71. The second-order valence-electron chi connectivity index (χ2n) is 3.61. The molecule has 0 saturated heterocycles. The Morgan fingerprint density at radius 2 is 1.93 bits per heavy atom. The van der Waals surface area contributed by atoms with Gasteiger partial charge in [-0.1, -0.05) is 30.3 Å². The number of aromatic nitrogens is 3. The fourth-order valence-electron chi connectivity index (χ4n) is 1.56. The van der Waals surface area contributed by atoms with Crippen molar-refractivity contribution >= 4 is 0 Å². The second-order valence-corrected chi connectivity index (χ2v) is 3.61. The van der Waals surface area contributed by atoms with Crippen LogP contribution in [0.15, 0.2) is 30.3 Å². The molecule has 2 rings (SSSR count). The minimum absolute atomic E-state index is 0.762. The van der Waals surface area contributed by atoms with Crippen LogP contribution in [-0.2, 0) is 6.54 Å². The number of nitrogens with zero attached hydrogens (tertiary/aromatic N) is 3. The van der Waals surface area contributed by atoms with Crippen LogP contribution in [0.25, 0.3) is 0 Å². The summed E-state index contributed by atoms with van der Waals surface area (Å²) in [6.07, 6.45) is 0. The molecule has 0 fully saturated rings. The van der Waals surface area contributed by atoms with Gasteiger partial charge in [-0.15, -0.1) is 9.36 Å². The average molecular weight is 203 g/mol. The Hall–Kier alpha value is -1.84. The van der Waals surface area contributed by atoms with E-state index in [1.54, 1.807) is 4.68 Å². The molecule has 0 bridgehead atoms. The topological polar surface area (TPSA) is 47.7 Å². The van der Waals surface area contributed by atoms with Crippen molar-refractivity contribution in [3.8, 4) is 0 Å². The molecule has 0 aliphatic rings. The zero-order valence-electron chi connectivity index (χ0n) is 9.01. The lowest BCUT2D eigenvalue weighted by atomic mass is 10.2. The summed E-state index contributed by atoms with van der Waals surface area (Å²) in [6, 6.07) is 10.2. The van der Waals surface area contributed by atoms with Gasteiger partial charge in [-0.05, 0) is 5.56 Å². The summed E-state index contributed by atoms with van der Waals surface area (Å²) < 4.78 is 3.51. The molecule has 0 spiro atoms. The van der Waals surface area contributed by atoms with E-state index in [4.69, 9.17) is 5.84 Å². The van der Waals surface area contributed by atoms with Crippen LogP contribution in [0, 0.1) is 13.8 Å². The van der Waals surface area contributed by atoms with Crippen LogP contribution in [0.2, 0.25) is 0 Å². The van der Waals surface area contributed by atoms with Gasteiger partial charge in [-0.3, -0.25) is 5.84 Å². The first-order chi connectivity index (χ1) is 7.18. The highest BCUT2D eigenvalue weighted by molar-refractivity contribution is 5.14. The molecule has 4 heteroatoms. The number of hydrogen-bond acceptors (Lipinski definition) is 2. The van der Waals surface area contributed by atoms with Crippen LogP contribution in [0.1, 0.15) is 17.2 Å². The summed E-state index contributed by atoms with van der Waals surface area (Å²) in [5.74, 6) is 7.57. The molecule has 78 valence electrons. The molecule has 0 unspecified atom stereocenters. The number of nitrogens with two attached hydrogens (primary N) is 1. The third-order valence-corrected chi connectivity index (χ3v) is 2.51. The van der Waals surface area contributed by atoms with Crippen LogP contribution < -0.4 is 10.5 Å². The Balaban J connectivity index is 2.29. The van der Waals surface area contributed by atoms with Crippen LogP contribution in [0.4, 0.5) is 0 Å². The van der Waals surface area contributed by atoms with Crippen LogP contribution in [0.5, 0.6) is 0 Å². The molecule has 2 aromatic rings. The third-order valence-electron chi connectivity index (χ3n) is 2.51. The van der Waals surface area contributed by atoms with E-state index in [9.17, 15) is 0 Å². The normalized spacial score (nSPS) is 10.5. The van der Waals surface area contributed by atoms with Crippen molar-refractivity contribution in [2.45, 2.75) is 20.4 Å². The standard InChI is InChI=1S/C11H15N4/c1-9-13-14(10(2)15(9)12)8-11-6-4-3-5-7-11/h3-7H,8,12H2,1-2H3/q+1. The van der Waals surface area contributed by atoms with Crippen molar-refractivity contribution < 1.29 is 4.68 Å². The molecule has 1 aromatic heterocycles. The Labute approximate surface area is 88.9 Å². The Morgan fingerprint density at radius 1 is 1.27 bits per heavy atom. The van der Waals surface area contributed by atoms with E-state index < -0.39 is 0 Å². The Morgan fingerprint density at radius 3 is 2.47 bits per heavy atom. The largest absolute Gasteiger partial charge is 0.295 e. The zero-order chi connectivity index (χ0) is 10.8. The van der Waals surface area contributed by atoms with E-state index in [0.717, 1.165) is 18.2 Å². The van der Waals surface area contributed by atoms with Crippen LogP contribution in [-0.4, -0.2) is 9.78 Å². The molecule has 1 aromatic carbocycles. The Bertz CT molecular complexity index is 459. The zero-order valence-corrected chi connectivity index (χ0v) is 9.01. The maximum atomic E-state index is 5.79. The molecule has 15 heavy (non-hydrogen) atoms. The lowest BCUT2D eigenvalue weighted by Gasteiger charge is -1.96. The molecule has 2 N–H and O–H groups in total. The van der Waals surface area contributed by atoms with E-state index in [1.165, 1.54) is 5.56 Å². The van der Waals surface area contributed by atoms with Crippen molar-refractivity contribution in [1.82, 2.24) is 9.78 Å². The lowest BCUT2D eigenvalue weighted by Crippen LogP contribution is -2.48. The van der Waals surface area contributed by atoms with Gasteiger partial charge in [0.15, 0.2) is 0 Å². The third kappa shape index (κ3) is 1.83. The van der Waals surface area contributed by atoms with Gasteiger partial charge in [-0.25, -0.2) is 0 Å². The van der Waals surface area contributed by atoms with E-state index >= 15 is 0 Å². The lowest BCUT2D eigenvalue weighted by molar-refractivity contribution is -0.652. The van der Waals surface area contributed by atoms with Crippen LogP contribution in [0.3, 0.4) is 0 Å². The average Bonchev–Trinajstić information content (AvgIpc) is 2.48. The molecule has 0 atom stereocenters. The van der Waals surface area contributed by atoms with Gasteiger partial charge in [0.2, 0.25) is 0 Å². The second kappa shape index (κ2) is 3.73. The fraction of sp³-hybridized carbons (Fsp3) is 0.273. The van der Waals surface area contributed by atoms with Gasteiger partial charge < -0.3 is 0 Å². The van der Waals surface area contributed by atoms with E-state index in [0.29, 0.717) is 0 Å². The molecule has 0 amide bonds. The molecular weight excluding hydrogens is 188 g/mol. The number of hydrogen-bond donors (Lipinski definition) is 1. The maximum Gasteiger partial charge on any atom is 0.295 e. The summed E-state index contributed by atoms with van der Waals surface area (Å²) in [7, 11) is 0. The molecule has 1 heterocycles. The monoisotopic (exact) mass is 203 g/mol. The van der Waals surface area contributed by atoms with Gasteiger partial charge in [0.25, 0.3) is 11.6 Å². The summed E-state index contributed by atoms with van der Waals surface area (Å²) in [5.41, 5.74) is 1.23. The molecule has 0 aliphatic carbocycles. The van der Waals surface area contributed by atoms with Gasteiger partial charge in [0.1, 0.15) is 6.54 Å². The molecule has 0 saturated carbocycles. The SMILES string of the molecule is Cc1nn(Cc2ccccc2)c(C)[n+]1N. The van der Waals surface area contributed by atoms with Crippen LogP contribution >= 0.6 is 0 Å². The fourth-order valence-corrected chi connectivity index (χ4v) is 1.56.